The Morgan fingerprint density at radius 1 is 1.20 bits per heavy atom. The Hall–Kier alpha value is -1.06. The van der Waals surface area contributed by atoms with Crippen LogP contribution in [0.5, 0.6) is 5.75 Å². The maximum atomic E-state index is 10.6. The molecule has 0 bridgehead atoms. The normalized spacial score (nSPS) is 19.6. The third kappa shape index (κ3) is 4.50. The maximum Gasteiger partial charge on any atom is 0.122 e. The van der Waals surface area contributed by atoms with Crippen molar-refractivity contribution in [3.05, 3.63) is 29.8 Å². The molecular formula is C17H27NO2. The third-order valence-corrected chi connectivity index (χ3v) is 4.14. The van der Waals surface area contributed by atoms with Gasteiger partial charge in [0.05, 0.1) is 12.7 Å². The average Bonchev–Trinajstić information content (AvgIpc) is 2.46. The summed E-state index contributed by atoms with van der Waals surface area (Å²) in [6.45, 7) is 4.99. The van der Waals surface area contributed by atoms with Crippen molar-refractivity contribution in [2.75, 3.05) is 26.7 Å². The molecule has 0 aliphatic carbocycles. The van der Waals surface area contributed by atoms with E-state index in [1.807, 2.05) is 25.1 Å². The van der Waals surface area contributed by atoms with Crippen LogP contribution in [0, 0.1) is 0 Å². The zero-order valence-corrected chi connectivity index (χ0v) is 12.8. The standard InChI is InChI=1S/C17H27NO2/c1-17(19,14-18-12-6-3-7-13-18)11-10-15-8-4-5-9-16(15)20-2/h4-5,8-9,19H,3,6-7,10-14H2,1-2H3. The van der Waals surface area contributed by atoms with E-state index < -0.39 is 5.60 Å². The molecule has 1 heterocycles. The van der Waals surface area contributed by atoms with E-state index in [1.165, 1.54) is 24.8 Å². The van der Waals surface area contributed by atoms with Crippen LogP contribution in [-0.2, 0) is 6.42 Å². The quantitative estimate of drug-likeness (QED) is 0.868. The van der Waals surface area contributed by atoms with E-state index >= 15 is 0 Å². The molecule has 0 radical (unpaired) electrons. The highest BCUT2D eigenvalue weighted by atomic mass is 16.5. The van der Waals surface area contributed by atoms with Gasteiger partial charge in [0, 0.05) is 6.54 Å². The van der Waals surface area contributed by atoms with Crippen LogP contribution >= 0.6 is 0 Å². The summed E-state index contributed by atoms with van der Waals surface area (Å²) >= 11 is 0. The zero-order chi connectivity index (χ0) is 14.4. The number of likely N-dealkylation sites (tertiary alicyclic amines) is 1. The predicted molar refractivity (Wildman–Crippen MR) is 82.2 cm³/mol. The number of piperidine rings is 1. The number of benzene rings is 1. The summed E-state index contributed by atoms with van der Waals surface area (Å²) in [7, 11) is 1.70. The molecule has 1 unspecified atom stereocenters. The van der Waals surface area contributed by atoms with Crippen molar-refractivity contribution >= 4 is 0 Å². The van der Waals surface area contributed by atoms with Crippen molar-refractivity contribution in [2.45, 2.75) is 44.6 Å². The number of nitrogens with zero attached hydrogens (tertiary/aromatic N) is 1. The fourth-order valence-corrected chi connectivity index (χ4v) is 2.99. The van der Waals surface area contributed by atoms with E-state index in [4.69, 9.17) is 4.74 Å². The van der Waals surface area contributed by atoms with Gasteiger partial charge >= 0.3 is 0 Å². The molecule has 1 aromatic rings. The largest absolute Gasteiger partial charge is 0.496 e. The summed E-state index contributed by atoms with van der Waals surface area (Å²) in [4.78, 5) is 2.39. The van der Waals surface area contributed by atoms with Crippen molar-refractivity contribution in [3.8, 4) is 5.75 Å². The lowest BCUT2D eigenvalue weighted by molar-refractivity contribution is 0.00755. The Bertz CT molecular complexity index is 411. The molecular weight excluding hydrogens is 250 g/mol. The van der Waals surface area contributed by atoms with Gasteiger partial charge in [-0.3, -0.25) is 0 Å². The first kappa shape index (κ1) is 15.3. The average molecular weight is 277 g/mol. The highest BCUT2D eigenvalue weighted by molar-refractivity contribution is 5.33. The van der Waals surface area contributed by atoms with Gasteiger partial charge in [0.1, 0.15) is 5.75 Å². The molecule has 3 heteroatoms. The van der Waals surface area contributed by atoms with Gasteiger partial charge in [-0.2, -0.15) is 0 Å². The van der Waals surface area contributed by atoms with Crippen LogP contribution < -0.4 is 4.74 Å². The van der Waals surface area contributed by atoms with Crippen LogP contribution in [0.15, 0.2) is 24.3 Å². The highest BCUT2D eigenvalue weighted by Crippen LogP contribution is 2.23. The molecule has 112 valence electrons. The molecule has 0 saturated carbocycles. The number of para-hydroxylation sites is 1. The molecule has 0 aromatic heterocycles. The predicted octanol–water partition coefficient (Wildman–Crippen LogP) is 2.86. The third-order valence-electron chi connectivity index (χ3n) is 4.14. The van der Waals surface area contributed by atoms with E-state index in [9.17, 15) is 5.11 Å². The van der Waals surface area contributed by atoms with Gasteiger partial charge in [0.2, 0.25) is 0 Å². The second kappa shape index (κ2) is 7.09. The number of methoxy groups -OCH3 is 1. The van der Waals surface area contributed by atoms with Gasteiger partial charge in [-0.25, -0.2) is 0 Å². The minimum absolute atomic E-state index is 0.627. The highest BCUT2D eigenvalue weighted by Gasteiger charge is 2.25. The summed E-state index contributed by atoms with van der Waals surface area (Å²) in [5, 5.41) is 10.6. The first-order valence-electron chi connectivity index (χ1n) is 7.67. The van der Waals surface area contributed by atoms with Crippen molar-refractivity contribution in [3.63, 3.8) is 0 Å². The molecule has 1 atom stereocenters. The molecule has 1 aliphatic heterocycles. The first-order valence-corrected chi connectivity index (χ1v) is 7.67. The smallest absolute Gasteiger partial charge is 0.122 e. The monoisotopic (exact) mass is 277 g/mol. The minimum Gasteiger partial charge on any atom is -0.496 e. The van der Waals surface area contributed by atoms with E-state index in [0.29, 0.717) is 0 Å². The van der Waals surface area contributed by atoms with Crippen LogP contribution in [0.2, 0.25) is 0 Å². The molecule has 1 aromatic carbocycles. The molecule has 1 N–H and O–H groups in total. The summed E-state index contributed by atoms with van der Waals surface area (Å²) in [5.41, 5.74) is 0.548. The van der Waals surface area contributed by atoms with Gasteiger partial charge in [-0.05, 0) is 57.3 Å². The molecule has 20 heavy (non-hydrogen) atoms. The Labute approximate surface area is 122 Å². The summed E-state index contributed by atoms with van der Waals surface area (Å²) in [6.07, 6.45) is 5.49. The van der Waals surface area contributed by atoms with Gasteiger partial charge in [0.25, 0.3) is 0 Å². The fraction of sp³-hybridized carbons (Fsp3) is 0.647. The van der Waals surface area contributed by atoms with Crippen molar-refractivity contribution < 1.29 is 9.84 Å². The van der Waals surface area contributed by atoms with Crippen LogP contribution in [0.3, 0.4) is 0 Å². The van der Waals surface area contributed by atoms with E-state index in [-0.39, 0.29) is 0 Å². The number of hydrogen-bond acceptors (Lipinski definition) is 3. The summed E-state index contributed by atoms with van der Waals surface area (Å²) < 4.78 is 5.37. The number of rotatable bonds is 6. The van der Waals surface area contributed by atoms with Crippen molar-refractivity contribution in [2.24, 2.45) is 0 Å². The molecule has 0 spiro atoms. The van der Waals surface area contributed by atoms with Crippen LogP contribution in [-0.4, -0.2) is 42.4 Å². The summed E-state index contributed by atoms with van der Waals surface area (Å²) in [5.74, 6) is 0.918. The Morgan fingerprint density at radius 3 is 2.60 bits per heavy atom. The maximum absolute atomic E-state index is 10.6. The minimum atomic E-state index is -0.627. The SMILES string of the molecule is COc1ccccc1CCC(C)(O)CN1CCCCC1. The van der Waals surface area contributed by atoms with Crippen LogP contribution in [0.4, 0.5) is 0 Å². The lowest BCUT2D eigenvalue weighted by Gasteiger charge is -2.34. The Kier molecular flexibility index (Phi) is 5.44. The molecule has 2 rings (SSSR count). The lowest BCUT2D eigenvalue weighted by atomic mass is 9.95. The topological polar surface area (TPSA) is 32.7 Å². The first-order chi connectivity index (χ1) is 9.61. The van der Waals surface area contributed by atoms with E-state index in [2.05, 4.69) is 11.0 Å². The summed E-state index contributed by atoms with van der Waals surface area (Å²) in [6, 6.07) is 8.07. The molecule has 1 saturated heterocycles. The second-order valence-electron chi connectivity index (χ2n) is 6.15. The number of ether oxygens (including phenoxy) is 1. The molecule has 0 amide bonds. The number of β-amino-alcohol motifs (C(OH)–C–C–N with tert-alkyl or cyclic N) is 1. The fourth-order valence-electron chi connectivity index (χ4n) is 2.99. The van der Waals surface area contributed by atoms with Gasteiger partial charge in [-0.1, -0.05) is 24.6 Å². The van der Waals surface area contributed by atoms with Crippen molar-refractivity contribution in [1.82, 2.24) is 4.90 Å². The molecule has 1 aliphatic rings. The lowest BCUT2D eigenvalue weighted by Crippen LogP contribution is -2.43. The Balaban J connectivity index is 1.87. The van der Waals surface area contributed by atoms with E-state index in [1.54, 1.807) is 7.11 Å². The number of aryl methyl sites for hydroxylation is 1. The second-order valence-corrected chi connectivity index (χ2v) is 6.15. The van der Waals surface area contributed by atoms with Crippen LogP contribution in [0.1, 0.15) is 38.2 Å². The van der Waals surface area contributed by atoms with Crippen molar-refractivity contribution in [1.29, 1.82) is 0 Å². The Morgan fingerprint density at radius 2 is 1.90 bits per heavy atom. The van der Waals surface area contributed by atoms with Gasteiger partial charge < -0.3 is 14.7 Å². The number of aliphatic hydroxyl groups is 1. The number of hydrogen-bond donors (Lipinski definition) is 1. The van der Waals surface area contributed by atoms with Crippen LogP contribution in [0.25, 0.3) is 0 Å². The molecule has 1 fully saturated rings. The molecule has 3 nitrogen and oxygen atoms in total. The van der Waals surface area contributed by atoms with Gasteiger partial charge in [0.15, 0.2) is 0 Å². The van der Waals surface area contributed by atoms with Gasteiger partial charge in [-0.15, -0.1) is 0 Å². The zero-order valence-electron chi connectivity index (χ0n) is 12.8. The van der Waals surface area contributed by atoms with E-state index in [0.717, 1.165) is 38.2 Å².